The van der Waals surface area contributed by atoms with Crippen molar-refractivity contribution < 1.29 is 9.13 Å². The Morgan fingerprint density at radius 3 is 2.69 bits per heavy atom. The van der Waals surface area contributed by atoms with E-state index in [4.69, 9.17) is 4.74 Å². The molecule has 2 N–H and O–H groups in total. The second-order valence-electron chi connectivity index (χ2n) is 7.25. The van der Waals surface area contributed by atoms with Crippen molar-refractivity contribution in [1.29, 1.82) is 0 Å². The topological polar surface area (TPSA) is 76.4 Å². The summed E-state index contributed by atoms with van der Waals surface area (Å²) in [5.41, 5.74) is 0. The average Bonchev–Trinajstić information content (AvgIpc) is 3.30. The Morgan fingerprint density at radius 1 is 1.31 bits per heavy atom. The number of rotatable bonds is 7. The minimum atomic E-state index is -0.357. The molecule has 1 aliphatic carbocycles. The number of para-hydroxylation sites is 1. The van der Waals surface area contributed by atoms with E-state index in [9.17, 15) is 4.39 Å². The molecule has 0 bridgehead atoms. The summed E-state index contributed by atoms with van der Waals surface area (Å²) in [5, 5.41) is 15.0. The van der Waals surface area contributed by atoms with Gasteiger partial charge in [0.25, 0.3) is 0 Å². The number of benzene rings is 1. The second-order valence-corrected chi connectivity index (χ2v) is 7.25. The molecule has 160 valence electrons. The number of hydrogen-bond acceptors (Lipinski definition) is 4. The van der Waals surface area contributed by atoms with Crippen LogP contribution in [0.15, 0.2) is 29.3 Å². The molecule has 3 rings (SSSR count). The molecule has 1 aromatic heterocycles. The van der Waals surface area contributed by atoms with Gasteiger partial charge in [0.05, 0.1) is 6.54 Å². The van der Waals surface area contributed by atoms with Gasteiger partial charge in [0.15, 0.2) is 23.4 Å². The average molecular weight is 516 g/mol. The fourth-order valence-electron chi connectivity index (χ4n) is 3.19. The molecule has 1 saturated carbocycles. The van der Waals surface area contributed by atoms with Crippen molar-refractivity contribution in [2.75, 3.05) is 6.54 Å². The van der Waals surface area contributed by atoms with Crippen molar-refractivity contribution in [2.45, 2.75) is 58.2 Å². The van der Waals surface area contributed by atoms with Crippen LogP contribution in [0.1, 0.15) is 44.3 Å². The van der Waals surface area contributed by atoms with E-state index in [0.29, 0.717) is 19.1 Å². The molecule has 29 heavy (non-hydrogen) atoms. The lowest BCUT2D eigenvalue weighted by Gasteiger charge is -2.20. The summed E-state index contributed by atoms with van der Waals surface area (Å²) < 4.78 is 21.4. The number of nitrogens with one attached hydrogen (secondary N) is 2. The highest BCUT2D eigenvalue weighted by atomic mass is 127. The zero-order valence-electron chi connectivity index (χ0n) is 17.2. The number of aryl methyl sites for hydroxylation is 1. The normalized spacial score (nSPS) is 15.7. The maximum absolute atomic E-state index is 13.8. The third-order valence-electron chi connectivity index (χ3n) is 4.98. The maximum Gasteiger partial charge on any atom is 0.192 e. The maximum atomic E-state index is 13.8. The molecule has 0 spiro atoms. The van der Waals surface area contributed by atoms with E-state index >= 15 is 0 Å². The van der Waals surface area contributed by atoms with Crippen LogP contribution in [-0.4, -0.2) is 39.4 Å². The van der Waals surface area contributed by atoms with Crippen molar-refractivity contribution in [3.05, 3.63) is 41.7 Å². The molecule has 0 saturated heterocycles. The zero-order chi connectivity index (χ0) is 19.9. The standard InChI is InChI=1S/C20H29FN6O.HI/c1-14(28-18-11-7-6-10-17(18)21)12-22-20(24-16-8-4-5-9-16)23-13-19-26-25-15(2)27(19)3;/h6-7,10-11,14,16H,4-5,8-9,12-13H2,1-3H3,(H2,22,23,24);1H. The zero-order valence-corrected chi connectivity index (χ0v) is 19.5. The van der Waals surface area contributed by atoms with Crippen molar-refractivity contribution in [3.8, 4) is 5.75 Å². The fraction of sp³-hybridized carbons (Fsp3) is 0.550. The molecule has 0 amide bonds. The van der Waals surface area contributed by atoms with Crippen molar-refractivity contribution >= 4 is 29.9 Å². The molecule has 1 unspecified atom stereocenters. The molecule has 2 aromatic rings. The molecule has 1 aromatic carbocycles. The summed E-state index contributed by atoms with van der Waals surface area (Å²) in [6.07, 6.45) is 4.54. The van der Waals surface area contributed by atoms with Gasteiger partial charge in [0, 0.05) is 13.1 Å². The van der Waals surface area contributed by atoms with Crippen LogP contribution in [0, 0.1) is 12.7 Å². The first kappa shape index (κ1) is 23.4. The van der Waals surface area contributed by atoms with E-state index in [2.05, 4.69) is 25.8 Å². The van der Waals surface area contributed by atoms with Gasteiger partial charge in [0.1, 0.15) is 18.5 Å². The molecule has 7 nitrogen and oxygen atoms in total. The summed E-state index contributed by atoms with van der Waals surface area (Å²) in [6.45, 7) is 4.75. The number of aromatic nitrogens is 3. The highest BCUT2D eigenvalue weighted by molar-refractivity contribution is 14.0. The molecule has 1 aliphatic rings. The Balaban J connectivity index is 0.00000300. The van der Waals surface area contributed by atoms with Crippen molar-refractivity contribution in [2.24, 2.45) is 12.0 Å². The smallest absolute Gasteiger partial charge is 0.192 e. The molecule has 9 heteroatoms. The van der Waals surface area contributed by atoms with Gasteiger partial charge in [-0.3, -0.25) is 0 Å². The van der Waals surface area contributed by atoms with Crippen LogP contribution in [0.3, 0.4) is 0 Å². The van der Waals surface area contributed by atoms with Gasteiger partial charge < -0.3 is 19.9 Å². The summed E-state index contributed by atoms with van der Waals surface area (Å²) in [4.78, 5) is 4.67. The molecule has 0 aliphatic heterocycles. The van der Waals surface area contributed by atoms with E-state index in [1.54, 1.807) is 18.2 Å². The lowest BCUT2D eigenvalue weighted by molar-refractivity contribution is 0.214. The van der Waals surface area contributed by atoms with Crippen LogP contribution in [0.5, 0.6) is 5.75 Å². The van der Waals surface area contributed by atoms with E-state index in [0.717, 1.165) is 30.5 Å². The molecule has 0 radical (unpaired) electrons. The van der Waals surface area contributed by atoms with E-state index in [1.165, 1.54) is 18.9 Å². The number of aliphatic imine (C=N–C) groups is 1. The first-order valence-corrected chi connectivity index (χ1v) is 9.84. The number of nitrogens with zero attached hydrogens (tertiary/aromatic N) is 4. The lowest BCUT2D eigenvalue weighted by atomic mass is 10.2. The Bertz CT molecular complexity index is 806. The second kappa shape index (κ2) is 11.3. The van der Waals surface area contributed by atoms with Crippen molar-refractivity contribution in [1.82, 2.24) is 25.4 Å². The van der Waals surface area contributed by atoms with Gasteiger partial charge in [-0.15, -0.1) is 34.2 Å². The number of guanidine groups is 1. The fourth-order valence-corrected chi connectivity index (χ4v) is 3.19. The highest BCUT2D eigenvalue weighted by Crippen LogP contribution is 2.18. The molecule has 1 heterocycles. The summed E-state index contributed by atoms with van der Waals surface area (Å²) in [5.74, 6) is 2.28. The summed E-state index contributed by atoms with van der Waals surface area (Å²) >= 11 is 0. The predicted octanol–water partition coefficient (Wildman–Crippen LogP) is 3.33. The van der Waals surface area contributed by atoms with Crippen LogP contribution in [0.25, 0.3) is 0 Å². The van der Waals surface area contributed by atoms with E-state index in [1.807, 2.05) is 25.5 Å². The van der Waals surface area contributed by atoms with Crippen LogP contribution in [-0.2, 0) is 13.6 Å². The van der Waals surface area contributed by atoms with Gasteiger partial charge in [-0.25, -0.2) is 9.38 Å². The van der Waals surface area contributed by atoms with Crippen LogP contribution < -0.4 is 15.4 Å². The number of ether oxygens (including phenoxy) is 1. The molecular weight excluding hydrogens is 486 g/mol. The highest BCUT2D eigenvalue weighted by Gasteiger charge is 2.17. The minimum Gasteiger partial charge on any atom is -0.486 e. The first-order valence-electron chi connectivity index (χ1n) is 9.84. The van der Waals surface area contributed by atoms with Gasteiger partial charge >= 0.3 is 0 Å². The Kier molecular flexibility index (Phi) is 9.12. The number of hydrogen-bond donors (Lipinski definition) is 2. The quantitative estimate of drug-likeness (QED) is 0.336. The Morgan fingerprint density at radius 2 is 2.03 bits per heavy atom. The van der Waals surface area contributed by atoms with Crippen LogP contribution in [0.2, 0.25) is 0 Å². The van der Waals surface area contributed by atoms with Crippen LogP contribution >= 0.6 is 24.0 Å². The van der Waals surface area contributed by atoms with Gasteiger partial charge in [-0.1, -0.05) is 25.0 Å². The Hall–Kier alpha value is -1.91. The molecule has 1 atom stereocenters. The summed E-state index contributed by atoms with van der Waals surface area (Å²) in [6, 6.07) is 6.86. The third kappa shape index (κ3) is 6.83. The van der Waals surface area contributed by atoms with Gasteiger partial charge in [-0.05, 0) is 38.8 Å². The largest absolute Gasteiger partial charge is 0.486 e. The van der Waals surface area contributed by atoms with Gasteiger partial charge in [0.2, 0.25) is 0 Å². The van der Waals surface area contributed by atoms with Crippen LogP contribution in [0.4, 0.5) is 4.39 Å². The van der Waals surface area contributed by atoms with E-state index < -0.39 is 0 Å². The summed E-state index contributed by atoms with van der Waals surface area (Å²) in [7, 11) is 1.93. The van der Waals surface area contributed by atoms with E-state index in [-0.39, 0.29) is 41.6 Å². The van der Waals surface area contributed by atoms with Gasteiger partial charge in [-0.2, -0.15) is 0 Å². The third-order valence-corrected chi connectivity index (χ3v) is 4.98. The monoisotopic (exact) mass is 516 g/mol. The first-order chi connectivity index (χ1) is 13.5. The Labute approximate surface area is 188 Å². The lowest BCUT2D eigenvalue weighted by Crippen LogP contribution is -2.45. The SMILES string of the molecule is Cc1nnc(CN=C(NCC(C)Oc2ccccc2F)NC2CCCC2)n1C.I. The molecular formula is C20H30FIN6O. The number of halogens is 2. The molecule has 1 fully saturated rings. The minimum absolute atomic E-state index is 0. The van der Waals surface area contributed by atoms with Crippen molar-refractivity contribution in [3.63, 3.8) is 0 Å². The predicted molar refractivity (Wildman–Crippen MR) is 122 cm³/mol.